The van der Waals surface area contributed by atoms with Gasteiger partial charge in [-0.2, -0.15) is 0 Å². The Balaban J connectivity index is 1.47. The van der Waals surface area contributed by atoms with Crippen molar-refractivity contribution in [1.82, 2.24) is 10.0 Å². The topological polar surface area (TPSA) is 123 Å². The number of benzene rings is 2. The Morgan fingerprint density at radius 2 is 1.95 bits per heavy atom. The van der Waals surface area contributed by atoms with Crippen molar-refractivity contribution in [3.63, 3.8) is 0 Å². The molecule has 4 rings (SSSR count). The van der Waals surface area contributed by atoms with Crippen molar-refractivity contribution in [1.29, 1.82) is 0 Å². The second-order valence-electron chi connectivity index (χ2n) is 11.4. The predicted octanol–water partition coefficient (Wildman–Crippen LogP) is 4.48. The molecule has 0 saturated carbocycles. The summed E-state index contributed by atoms with van der Waals surface area (Å²) in [4.78, 5) is 13.6. The summed E-state index contributed by atoms with van der Waals surface area (Å²) in [6.07, 6.45) is 11.8. The molecule has 0 spiro atoms. The van der Waals surface area contributed by atoms with Gasteiger partial charge in [0, 0.05) is 41.4 Å². The summed E-state index contributed by atoms with van der Waals surface area (Å²) in [5, 5.41) is 6.67. The van der Waals surface area contributed by atoms with Crippen LogP contribution in [0.4, 0.5) is 10.1 Å². The maximum absolute atomic E-state index is 15.1. The summed E-state index contributed by atoms with van der Waals surface area (Å²) in [6, 6.07) is 10.2. The third kappa shape index (κ3) is 10.00. The maximum atomic E-state index is 15.1. The van der Waals surface area contributed by atoms with E-state index in [0.717, 1.165) is 37.9 Å². The molecule has 2 saturated heterocycles. The van der Waals surface area contributed by atoms with E-state index in [2.05, 4.69) is 21.3 Å². The number of anilines is 1. The largest absolute Gasteiger partial charge is 0.378 e. The van der Waals surface area contributed by atoms with Crippen LogP contribution in [0.15, 0.2) is 42.5 Å². The fourth-order valence-corrected chi connectivity index (χ4v) is 7.33. The molecule has 43 heavy (non-hydrogen) atoms. The molecule has 2 aliphatic rings. The van der Waals surface area contributed by atoms with Crippen molar-refractivity contribution in [3.05, 3.63) is 64.4 Å². The lowest BCUT2D eigenvalue weighted by Crippen LogP contribution is -2.44. The van der Waals surface area contributed by atoms with Gasteiger partial charge >= 0.3 is 0 Å². The first kappa shape index (κ1) is 33.4. The van der Waals surface area contributed by atoms with Crippen LogP contribution in [0.3, 0.4) is 0 Å². The van der Waals surface area contributed by atoms with Gasteiger partial charge in [-0.3, -0.25) is 4.79 Å². The summed E-state index contributed by atoms with van der Waals surface area (Å²) in [6.45, 7) is 1.05. The van der Waals surface area contributed by atoms with E-state index in [1.807, 2.05) is 12.1 Å². The minimum absolute atomic E-state index is 0.0239. The van der Waals surface area contributed by atoms with Crippen molar-refractivity contribution >= 4 is 33.2 Å². The number of nitrogens with one attached hydrogen (secondary N) is 3. The predicted molar refractivity (Wildman–Crippen MR) is 169 cm³/mol. The third-order valence-corrected chi connectivity index (χ3v) is 10.1. The zero-order valence-corrected chi connectivity index (χ0v) is 25.9. The Bertz CT molecular complexity index is 1360. The molecule has 3 unspecified atom stereocenters. The van der Waals surface area contributed by atoms with Gasteiger partial charge < -0.3 is 21.1 Å². The Hall–Kier alpha value is -2.52. The van der Waals surface area contributed by atoms with Crippen LogP contribution in [0.5, 0.6) is 0 Å². The minimum Gasteiger partial charge on any atom is -0.378 e. The molecule has 2 aromatic carbocycles. The van der Waals surface area contributed by atoms with Crippen molar-refractivity contribution in [3.8, 4) is 12.3 Å². The molecule has 2 heterocycles. The summed E-state index contributed by atoms with van der Waals surface area (Å²) in [5.41, 5.74) is 8.09. The number of halogens is 2. The number of hydrogen-bond acceptors (Lipinski definition) is 6. The number of ether oxygens (including phenoxy) is 1. The summed E-state index contributed by atoms with van der Waals surface area (Å²) >= 11 is 6.12. The number of carbonyl (C=O) groups excluding carboxylic acids is 1. The number of rotatable bonds is 10. The first-order valence-corrected chi connectivity index (χ1v) is 17.1. The van der Waals surface area contributed by atoms with Gasteiger partial charge in [0.25, 0.3) is 0 Å². The fourth-order valence-electron chi connectivity index (χ4n) is 5.83. The molecule has 8 nitrogen and oxygen atoms in total. The minimum atomic E-state index is -3.51. The average Bonchev–Trinajstić information content (AvgIpc) is 3.06. The van der Waals surface area contributed by atoms with E-state index in [9.17, 15) is 13.2 Å². The number of nitrogens with two attached hydrogens (primary N) is 1. The van der Waals surface area contributed by atoms with Gasteiger partial charge in [0.2, 0.25) is 15.9 Å². The van der Waals surface area contributed by atoms with Crippen LogP contribution in [0.25, 0.3) is 0 Å². The summed E-state index contributed by atoms with van der Waals surface area (Å²) in [7, 11) is -3.51. The van der Waals surface area contributed by atoms with Crippen molar-refractivity contribution in [2.45, 2.75) is 87.9 Å². The quantitative estimate of drug-likeness (QED) is 0.287. The maximum Gasteiger partial charge on any atom is 0.241 e. The van der Waals surface area contributed by atoms with Gasteiger partial charge in [-0.05, 0) is 87.6 Å². The molecule has 0 radical (unpaired) electrons. The smallest absolute Gasteiger partial charge is 0.241 e. The molecule has 0 aliphatic carbocycles. The van der Waals surface area contributed by atoms with Crippen LogP contribution in [-0.2, 0) is 26.0 Å². The van der Waals surface area contributed by atoms with Gasteiger partial charge in [-0.25, -0.2) is 17.5 Å². The number of hydrogen-bond donors (Lipinski definition) is 4. The molecule has 0 aromatic heterocycles. The van der Waals surface area contributed by atoms with E-state index in [4.69, 9.17) is 28.5 Å². The van der Waals surface area contributed by atoms with E-state index in [1.165, 1.54) is 12.1 Å². The third-order valence-electron chi connectivity index (χ3n) is 8.29. The molecule has 5 N–H and O–H groups in total. The van der Waals surface area contributed by atoms with Crippen LogP contribution < -0.4 is 21.1 Å². The fraction of sp³-hybridized carbons (Fsp3) is 0.531. The Morgan fingerprint density at radius 1 is 1.16 bits per heavy atom. The molecule has 234 valence electrons. The lowest BCUT2D eigenvalue weighted by molar-refractivity contribution is -0.118. The number of amides is 1. The summed E-state index contributed by atoms with van der Waals surface area (Å²) < 4.78 is 48.9. The molecule has 0 bridgehead atoms. The van der Waals surface area contributed by atoms with E-state index in [-0.39, 0.29) is 35.8 Å². The van der Waals surface area contributed by atoms with E-state index >= 15 is 4.39 Å². The average molecular weight is 633 g/mol. The second kappa shape index (κ2) is 16.0. The van der Waals surface area contributed by atoms with Gasteiger partial charge in [0.15, 0.2) is 0 Å². The number of sulfonamides is 1. The molecule has 11 heteroatoms. The molecule has 2 fully saturated rings. The van der Waals surface area contributed by atoms with Crippen molar-refractivity contribution in [2.24, 2.45) is 5.73 Å². The molecule has 1 amide bonds. The standard InChI is InChI=1S/C32H42ClFN4O4S/c1-2-24-7-6-20-43(40,41)38-25(21-36-24)15-17-28-29(34)9-5-10-30(28)37-32(39)31(35)27(22-11-13-23(33)14-12-22)18-16-26-8-3-4-19-42-26/h1,5,9-14,24-27,31,36,38H,3-4,6-8,15-21,35H2,(H,37,39)/t24?,25?,26?,27-,31+/m1/s1. The lowest BCUT2D eigenvalue weighted by Gasteiger charge is -2.28. The van der Waals surface area contributed by atoms with E-state index < -0.39 is 33.8 Å². The van der Waals surface area contributed by atoms with E-state index in [0.29, 0.717) is 42.9 Å². The first-order chi connectivity index (χ1) is 20.6. The monoisotopic (exact) mass is 632 g/mol. The van der Waals surface area contributed by atoms with Gasteiger partial charge in [-0.1, -0.05) is 35.7 Å². The molecule has 2 aliphatic heterocycles. The van der Waals surface area contributed by atoms with E-state index in [1.54, 1.807) is 18.2 Å². The van der Waals surface area contributed by atoms with Crippen LogP contribution in [-0.4, -0.2) is 57.5 Å². The highest BCUT2D eigenvalue weighted by Crippen LogP contribution is 2.30. The number of terminal acetylenes is 1. The van der Waals surface area contributed by atoms with Crippen LogP contribution >= 0.6 is 11.6 Å². The SMILES string of the molecule is C#CC1CCCS(=O)(=O)NC(CCc2c(F)cccc2NC(=O)[C@@H](N)[C@H](CCC2CCCCO2)c2ccc(Cl)cc2)CN1. The lowest BCUT2D eigenvalue weighted by atomic mass is 9.85. The molecular formula is C32H42ClFN4O4S. The summed E-state index contributed by atoms with van der Waals surface area (Å²) in [5.74, 6) is 1.41. The first-order valence-electron chi connectivity index (χ1n) is 15.1. The highest BCUT2D eigenvalue weighted by molar-refractivity contribution is 7.89. The van der Waals surface area contributed by atoms with Gasteiger partial charge in [-0.15, -0.1) is 6.42 Å². The highest BCUT2D eigenvalue weighted by Gasteiger charge is 2.29. The zero-order chi connectivity index (χ0) is 30.8. The number of carbonyl (C=O) groups is 1. The van der Waals surface area contributed by atoms with Crippen molar-refractivity contribution in [2.75, 3.05) is 24.2 Å². The second-order valence-corrected chi connectivity index (χ2v) is 13.8. The van der Waals surface area contributed by atoms with Crippen LogP contribution in [0.1, 0.15) is 68.4 Å². The molecule has 5 atom stereocenters. The van der Waals surface area contributed by atoms with Crippen LogP contribution in [0, 0.1) is 18.2 Å². The molecule has 2 aromatic rings. The van der Waals surface area contributed by atoms with Crippen molar-refractivity contribution < 1.29 is 22.3 Å². The zero-order valence-electron chi connectivity index (χ0n) is 24.4. The highest BCUT2D eigenvalue weighted by atomic mass is 35.5. The Kier molecular flexibility index (Phi) is 12.4. The van der Waals surface area contributed by atoms with Gasteiger partial charge in [0.05, 0.1) is 23.9 Å². The Labute approximate surface area is 259 Å². The van der Waals surface area contributed by atoms with Gasteiger partial charge in [0.1, 0.15) is 5.82 Å². The normalized spacial score (nSPS) is 24.0. The molecular weight excluding hydrogens is 591 g/mol. The Morgan fingerprint density at radius 3 is 2.67 bits per heavy atom. The van der Waals surface area contributed by atoms with Crippen LogP contribution in [0.2, 0.25) is 5.02 Å².